The van der Waals surface area contributed by atoms with Crippen LogP contribution in [0.25, 0.3) is 0 Å². The van der Waals surface area contributed by atoms with Crippen molar-refractivity contribution in [1.29, 1.82) is 0 Å². The molecule has 0 spiro atoms. The van der Waals surface area contributed by atoms with E-state index in [1.807, 2.05) is 26.8 Å². The Morgan fingerprint density at radius 2 is 2.07 bits per heavy atom. The third kappa shape index (κ3) is 6.86. The van der Waals surface area contributed by atoms with Gasteiger partial charge in [0, 0.05) is 25.1 Å². The molecule has 3 amide bonds. The summed E-state index contributed by atoms with van der Waals surface area (Å²) < 4.78 is 11.1. The lowest BCUT2D eigenvalue weighted by Gasteiger charge is -2.35. The second-order valence-corrected chi connectivity index (χ2v) is 7.08. The normalized spacial score (nSPS) is 22.3. The minimum Gasteiger partial charge on any atom is -0.376 e. The SMILES string of the molecule is CCCNC(=O)N[C@@H]1CC[C@H](C(=O)NCc2cc(C)no2)C[C@H]1OCCC. The van der Waals surface area contributed by atoms with Gasteiger partial charge >= 0.3 is 6.03 Å². The van der Waals surface area contributed by atoms with Crippen molar-refractivity contribution < 1.29 is 18.8 Å². The summed E-state index contributed by atoms with van der Waals surface area (Å²) in [4.78, 5) is 24.5. The van der Waals surface area contributed by atoms with Gasteiger partial charge in [0.05, 0.1) is 24.4 Å². The minimum atomic E-state index is -0.171. The van der Waals surface area contributed by atoms with Gasteiger partial charge in [-0.1, -0.05) is 19.0 Å². The molecule has 0 saturated heterocycles. The molecule has 0 aromatic carbocycles. The van der Waals surface area contributed by atoms with Gasteiger partial charge in [-0.05, 0) is 39.0 Å². The first-order chi connectivity index (χ1) is 13.0. The van der Waals surface area contributed by atoms with Gasteiger partial charge in [0.25, 0.3) is 0 Å². The molecule has 0 bridgehead atoms. The van der Waals surface area contributed by atoms with Crippen LogP contribution in [-0.4, -0.2) is 42.4 Å². The molecule has 1 aromatic heterocycles. The number of nitrogens with zero attached hydrogens (tertiary/aromatic N) is 1. The van der Waals surface area contributed by atoms with Gasteiger partial charge in [-0.25, -0.2) is 4.79 Å². The van der Waals surface area contributed by atoms with Crippen molar-refractivity contribution in [3.63, 3.8) is 0 Å². The van der Waals surface area contributed by atoms with Crippen LogP contribution < -0.4 is 16.0 Å². The van der Waals surface area contributed by atoms with Crippen LogP contribution in [0.15, 0.2) is 10.6 Å². The number of nitrogens with one attached hydrogen (secondary N) is 3. The molecule has 0 radical (unpaired) electrons. The Morgan fingerprint density at radius 1 is 1.26 bits per heavy atom. The van der Waals surface area contributed by atoms with E-state index < -0.39 is 0 Å². The molecule has 1 aromatic rings. The first-order valence-electron chi connectivity index (χ1n) is 9.89. The summed E-state index contributed by atoms with van der Waals surface area (Å²) in [7, 11) is 0. The smallest absolute Gasteiger partial charge is 0.315 e. The standard InChI is InChI=1S/C19H32N4O4/c1-4-8-20-19(25)22-16-7-6-14(11-17(16)26-9-5-2)18(24)21-12-15-10-13(3)23-27-15/h10,14,16-17H,4-9,11-12H2,1-3H3,(H,21,24)(H2,20,22,25)/t14-,16+,17+/m0/s1. The first-order valence-corrected chi connectivity index (χ1v) is 9.89. The number of carbonyl (C=O) groups is 2. The molecule has 152 valence electrons. The van der Waals surface area contributed by atoms with E-state index in [9.17, 15) is 9.59 Å². The number of rotatable bonds is 9. The lowest BCUT2D eigenvalue weighted by atomic mass is 9.83. The largest absolute Gasteiger partial charge is 0.376 e. The highest BCUT2D eigenvalue weighted by molar-refractivity contribution is 5.79. The highest BCUT2D eigenvalue weighted by atomic mass is 16.5. The molecular formula is C19H32N4O4. The number of hydrogen-bond donors (Lipinski definition) is 3. The third-order valence-electron chi connectivity index (χ3n) is 4.66. The number of carbonyl (C=O) groups excluding carboxylic acids is 2. The van der Waals surface area contributed by atoms with Crippen LogP contribution in [0.3, 0.4) is 0 Å². The van der Waals surface area contributed by atoms with E-state index in [4.69, 9.17) is 9.26 Å². The minimum absolute atomic E-state index is 0.0111. The zero-order valence-electron chi connectivity index (χ0n) is 16.5. The fraction of sp³-hybridized carbons (Fsp3) is 0.737. The maximum atomic E-state index is 12.5. The molecule has 1 aliphatic rings. The average molecular weight is 380 g/mol. The molecule has 1 fully saturated rings. The molecule has 27 heavy (non-hydrogen) atoms. The summed E-state index contributed by atoms with van der Waals surface area (Å²) in [6.45, 7) is 7.49. The predicted molar refractivity (Wildman–Crippen MR) is 101 cm³/mol. The molecule has 8 nitrogen and oxygen atoms in total. The Hall–Kier alpha value is -2.09. The maximum absolute atomic E-state index is 12.5. The van der Waals surface area contributed by atoms with E-state index in [-0.39, 0.29) is 30.0 Å². The summed E-state index contributed by atoms with van der Waals surface area (Å²) in [5.41, 5.74) is 0.792. The van der Waals surface area contributed by atoms with Gasteiger partial charge in [0.1, 0.15) is 0 Å². The van der Waals surface area contributed by atoms with Crippen LogP contribution in [0, 0.1) is 12.8 Å². The lowest BCUT2D eigenvalue weighted by Crippen LogP contribution is -2.52. The molecule has 3 N–H and O–H groups in total. The molecule has 3 atom stereocenters. The topological polar surface area (TPSA) is 105 Å². The zero-order chi connectivity index (χ0) is 19.6. The quantitative estimate of drug-likeness (QED) is 0.609. The Bertz CT molecular complexity index is 604. The van der Waals surface area contributed by atoms with Gasteiger partial charge in [-0.3, -0.25) is 4.79 Å². The van der Waals surface area contributed by atoms with Crippen molar-refractivity contribution >= 4 is 11.9 Å². The maximum Gasteiger partial charge on any atom is 0.315 e. The summed E-state index contributed by atoms with van der Waals surface area (Å²) in [6.07, 6.45) is 3.65. The number of amides is 3. The third-order valence-corrected chi connectivity index (χ3v) is 4.66. The van der Waals surface area contributed by atoms with Crippen LogP contribution in [0.5, 0.6) is 0 Å². The highest BCUT2D eigenvalue weighted by Crippen LogP contribution is 2.27. The van der Waals surface area contributed by atoms with Gasteiger partial charge < -0.3 is 25.2 Å². The lowest BCUT2D eigenvalue weighted by molar-refractivity contribution is -0.128. The summed E-state index contributed by atoms with van der Waals surface area (Å²) >= 11 is 0. The van der Waals surface area contributed by atoms with Crippen molar-refractivity contribution in [2.75, 3.05) is 13.2 Å². The second kappa shape index (κ2) is 10.9. The van der Waals surface area contributed by atoms with Crippen LogP contribution in [0.2, 0.25) is 0 Å². The van der Waals surface area contributed by atoms with Crippen molar-refractivity contribution in [3.8, 4) is 0 Å². The van der Waals surface area contributed by atoms with Crippen LogP contribution in [0.4, 0.5) is 4.79 Å². The highest BCUT2D eigenvalue weighted by Gasteiger charge is 2.35. The van der Waals surface area contributed by atoms with Gasteiger partial charge in [-0.15, -0.1) is 0 Å². The van der Waals surface area contributed by atoms with Gasteiger partial charge in [0.2, 0.25) is 5.91 Å². The summed E-state index contributed by atoms with van der Waals surface area (Å²) in [6, 6.07) is 1.56. The monoisotopic (exact) mass is 380 g/mol. The van der Waals surface area contributed by atoms with E-state index >= 15 is 0 Å². The van der Waals surface area contributed by atoms with Crippen molar-refractivity contribution in [3.05, 3.63) is 17.5 Å². The molecule has 0 unspecified atom stereocenters. The van der Waals surface area contributed by atoms with Crippen molar-refractivity contribution in [1.82, 2.24) is 21.1 Å². The number of ether oxygens (including phenoxy) is 1. The molecule has 1 aliphatic carbocycles. The number of urea groups is 1. The van der Waals surface area contributed by atoms with Gasteiger partial charge in [0.15, 0.2) is 5.76 Å². The number of hydrogen-bond acceptors (Lipinski definition) is 5. The van der Waals surface area contributed by atoms with E-state index in [1.54, 1.807) is 0 Å². The Morgan fingerprint density at radius 3 is 2.74 bits per heavy atom. The zero-order valence-corrected chi connectivity index (χ0v) is 16.5. The number of aromatic nitrogens is 1. The Labute approximate surface area is 160 Å². The molecule has 1 heterocycles. The molecular weight excluding hydrogens is 348 g/mol. The predicted octanol–water partition coefficient (Wildman–Crippen LogP) is 2.27. The fourth-order valence-corrected chi connectivity index (χ4v) is 3.26. The van der Waals surface area contributed by atoms with Crippen LogP contribution in [0.1, 0.15) is 57.4 Å². The number of aryl methyl sites for hydroxylation is 1. The van der Waals surface area contributed by atoms with Crippen LogP contribution >= 0.6 is 0 Å². The average Bonchev–Trinajstić information content (AvgIpc) is 3.08. The van der Waals surface area contributed by atoms with Crippen LogP contribution in [-0.2, 0) is 16.1 Å². The Balaban J connectivity index is 1.87. The van der Waals surface area contributed by atoms with Crippen molar-refractivity contribution in [2.24, 2.45) is 5.92 Å². The summed E-state index contributed by atoms with van der Waals surface area (Å²) in [5.74, 6) is 0.498. The van der Waals surface area contributed by atoms with E-state index in [1.165, 1.54) is 0 Å². The molecule has 2 rings (SSSR count). The van der Waals surface area contributed by atoms with E-state index in [2.05, 4.69) is 21.1 Å². The fourth-order valence-electron chi connectivity index (χ4n) is 3.26. The second-order valence-electron chi connectivity index (χ2n) is 7.08. The van der Waals surface area contributed by atoms with Crippen molar-refractivity contribution in [2.45, 2.75) is 71.6 Å². The first kappa shape index (κ1) is 21.2. The molecule has 1 saturated carbocycles. The molecule has 8 heteroatoms. The molecule has 0 aliphatic heterocycles. The van der Waals surface area contributed by atoms with E-state index in [0.717, 1.165) is 18.5 Å². The summed E-state index contributed by atoms with van der Waals surface area (Å²) in [5, 5.41) is 12.6. The van der Waals surface area contributed by atoms with Gasteiger partial charge in [-0.2, -0.15) is 0 Å². The Kier molecular flexibility index (Phi) is 8.57. The van der Waals surface area contributed by atoms with E-state index in [0.29, 0.717) is 44.7 Å².